The lowest BCUT2D eigenvalue weighted by atomic mass is 10.2. The van der Waals surface area contributed by atoms with E-state index in [1.54, 1.807) is 13.0 Å². The van der Waals surface area contributed by atoms with Crippen LogP contribution >= 0.6 is 11.3 Å². The van der Waals surface area contributed by atoms with Crippen LogP contribution in [0.5, 0.6) is 0 Å². The van der Waals surface area contributed by atoms with Gasteiger partial charge in [-0.1, -0.05) is 6.92 Å². The van der Waals surface area contributed by atoms with Gasteiger partial charge in [0.1, 0.15) is 11.0 Å². The van der Waals surface area contributed by atoms with Crippen molar-refractivity contribution >= 4 is 34.1 Å². The molecule has 7 heteroatoms. The number of anilines is 1. The third-order valence-corrected chi connectivity index (χ3v) is 4.26. The summed E-state index contributed by atoms with van der Waals surface area (Å²) in [4.78, 5) is 35.9. The van der Waals surface area contributed by atoms with Crippen molar-refractivity contribution in [3.63, 3.8) is 0 Å². The molecule has 0 aliphatic heterocycles. The number of aryl methyl sites for hydroxylation is 1. The first kappa shape index (κ1) is 15.5. The molecule has 0 spiro atoms. The van der Waals surface area contributed by atoms with Gasteiger partial charge in [-0.15, -0.1) is 11.3 Å². The highest BCUT2D eigenvalue weighted by Crippen LogP contribution is 2.33. The Kier molecular flexibility index (Phi) is 4.62. The fourth-order valence-electron chi connectivity index (χ4n) is 1.91. The number of hydrogen-bond donors (Lipinski definition) is 3. The average molecular weight is 310 g/mol. The van der Waals surface area contributed by atoms with Crippen LogP contribution in [0.3, 0.4) is 0 Å². The molecule has 1 aliphatic rings. The van der Waals surface area contributed by atoms with E-state index in [9.17, 15) is 14.4 Å². The molecule has 3 N–H and O–H groups in total. The van der Waals surface area contributed by atoms with Gasteiger partial charge in [0.25, 0.3) is 5.91 Å². The number of carbonyl (C=O) groups is 3. The fraction of sp³-hybridized carbons (Fsp3) is 0.500. The van der Waals surface area contributed by atoms with Gasteiger partial charge in [0.2, 0.25) is 5.91 Å². The van der Waals surface area contributed by atoms with Crippen molar-refractivity contribution in [3.8, 4) is 0 Å². The van der Waals surface area contributed by atoms with Crippen LogP contribution in [0.1, 0.15) is 41.4 Å². The van der Waals surface area contributed by atoms with E-state index >= 15 is 0 Å². The van der Waals surface area contributed by atoms with Crippen LogP contribution in [0.15, 0.2) is 6.07 Å². The Balaban J connectivity index is 2.12. The van der Waals surface area contributed by atoms with Crippen molar-refractivity contribution in [2.75, 3.05) is 5.32 Å². The highest BCUT2D eigenvalue weighted by atomic mass is 32.1. The molecule has 1 fully saturated rings. The highest BCUT2D eigenvalue weighted by molar-refractivity contribution is 7.16. The molecule has 0 bridgehead atoms. The Morgan fingerprint density at radius 1 is 1.43 bits per heavy atom. The number of nitrogens with one attached hydrogen (secondary N) is 2. The fourth-order valence-corrected chi connectivity index (χ4v) is 2.82. The standard InChI is InChI=1S/C14H18N2O4S/c1-3-10(14(19)20)15-12(18)9-6-7(2)21-13(9)16-11(17)8-4-5-8/h6,8,10H,3-5H2,1-2H3,(H,15,18)(H,16,17)(H,19,20). The Labute approximate surface area is 126 Å². The summed E-state index contributed by atoms with van der Waals surface area (Å²) in [6.07, 6.45) is 2.07. The molecule has 1 aromatic heterocycles. The van der Waals surface area contributed by atoms with E-state index in [2.05, 4.69) is 10.6 Å². The molecule has 0 saturated heterocycles. The van der Waals surface area contributed by atoms with Gasteiger partial charge in [0.05, 0.1) is 5.56 Å². The second-order valence-corrected chi connectivity index (χ2v) is 6.39. The number of carbonyl (C=O) groups excluding carboxylic acids is 2. The molecular weight excluding hydrogens is 292 g/mol. The van der Waals surface area contributed by atoms with E-state index in [0.29, 0.717) is 17.0 Å². The summed E-state index contributed by atoms with van der Waals surface area (Å²) in [6.45, 7) is 3.52. The molecule has 1 saturated carbocycles. The number of carboxylic acids is 1. The van der Waals surface area contributed by atoms with Crippen LogP contribution in [-0.2, 0) is 9.59 Å². The molecule has 1 unspecified atom stereocenters. The summed E-state index contributed by atoms with van der Waals surface area (Å²) >= 11 is 1.32. The number of rotatable bonds is 6. The average Bonchev–Trinajstić information content (AvgIpc) is 3.20. The number of thiophene rings is 1. The third kappa shape index (κ3) is 3.81. The first-order valence-electron chi connectivity index (χ1n) is 6.87. The van der Waals surface area contributed by atoms with E-state index < -0.39 is 17.9 Å². The van der Waals surface area contributed by atoms with Crippen molar-refractivity contribution in [2.45, 2.75) is 39.2 Å². The number of aliphatic carboxylic acids is 1. The normalized spacial score (nSPS) is 15.3. The minimum atomic E-state index is -1.07. The molecule has 2 rings (SSSR count). The maximum Gasteiger partial charge on any atom is 0.326 e. The number of hydrogen-bond acceptors (Lipinski definition) is 4. The molecule has 0 radical (unpaired) electrons. The first-order chi connectivity index (χ1) is 9.92. The molecule has 114 valence electrons. The first-order valence-corrected chi connectivity index (χ1v) is 7.69. The van der Waals surface area contributed by atoms with Gasteiger partial charge < -0.3 is 15.7 Å². The van der Waals surface area contributed by atoms with Gasteiger partial charge in [0.15, 0.2) is 0 Å². The summed E-state index contributed by atoms with van der Waals surface area (Å²) in [6, 6.07) is 0.738. The van der Waals surface area contributed by atoms with Gasteiger partial charge in [-0.05, 0) is 32.3 Å². The summed E-state index contributed by atoms with van der Waals surface area (Å²) in [7, 11) is 0. The second kappa shape index (κ2) is 6.26. The minimum Gasteiger partial charge on any atom is -0.480 e. The van der Waals surface area contributed by atoms with Gasteiger partial charge in [-0.25, -0.2) is 4.79 Å². The zero-order valence-corrected chi connectivity index (χ0v) is 12.8. The summed E-state index contributed by atoms with van der Waals surface area (Å²) in [5.74, 6) is -1.57. The lowest BCUT2D eigenvalue weighted by Crippen LogP contribution is -2.40. The number of amides is 2. The molecule has 6 nitrogen and oxygen atoms in total. The highest BCUT2D eigenvalue weighted by Gasteiger charge is 2.31. The van der Waals surface area contributed by atoms with Gasteiger partial charge in [-0.2, -0.15) is 0 Å². The smallest absolute Gasteiger partial charge is 0.326 e. The van der Waals surface area contributed by atoms with Crippen molar-refractivity contribution in [2.24, 2.45) is 5.92 Å². The zero-order valence-electron chi connectivity index (χ0n) is 11.9. The largest absolute Gasteiger partial charge is 0.480 e. The predicted octanol–water partition coefficient (Wildman–Crippen LogP) is 2.00. The molecule has 2 amide bonds. The van der Waals surface area contributed by atoms with E-state index in [-0.39, 0.29) is 11.8 Å². The molecule has 1 atom stereocenters. The van der Waals surface area contributed by atoms with Crippen LogP contribution in [0, 0.1) is 12.8 Å². The van der Waals surface area contributed by atoms with Crippen LogP contribution in [0.2, 0.25) is 0 Å². The summed E-state index contributed by atoms with van der Waals surface area (Å²) in [5.41, 5.74) is 0.325. The number of carboxylic acid groups (broad SMARTS) is 1. The van der Waals surface area contributed by atoms with Crippen molar-refractivity contribution in [1.29, 1.82) is 0 Å². The molecule has 1 aromatic rings. The third-order valence-electron chi connectivity index (χ3n) is 3.30. The summed E-state index contributed by atoms with van der Waals surface area (Å²) in [5, 5.41) is 14.7. The molecule has 1 aliphatic carbocycles. The molecule has 0 aromatic carbocycles. The predicted molar refractivity (Wildman–Crippen MR) is 79.6 cm³/mol. The second-order valence-electron chi connectivity index (χ2n) is 5.14. The van der Waals surface area contributed by atoms with Crippen molar-refractivity contribution < 1.29 is 19.5 Å². The van der Waals surface area contributed by atoms with E-state index in [1.807, 2.05) is 6.92 Å². The van der Waals surface area contributed by atoms with Crippen LogP contribution < -0.4 is 10.6 Å². The maximum absolute atomic E-state index is 12.2. The van der Waals surface area contributed by atoms with Crippen LogP contribution in [-0.4, -0.2) is 28.9 Å². The molecule has 21 heavy (non-hydrogen) atoms. The van der Waals surface area contributed by atoms with E-state index in [1.165, 1.54) is 11.3 Å². The Bertz CT molecular complexity index is 578. The Morgan fingerprint density at radius 2 is 2.10 bits per heavy atom. The van der Waals surface area contributed by atoms with Crippen molar-refractivity contribution in [3.05, 3.63) is 16.5 Å². The minimum absolute atomic E-state index is 0.0470. The van der Waals surface area contributed by atoms with Crippen LogP contribution in [0.25, 0.3) is 0 Å². The Hall–Kier alpha value is -1.89. The van der Waals surface area contributed by atoms with E-state index in [4.69, 9.17) is 5.11 Å². The SMILES string of the molecule is CCC(NC(=O)c1cc(C)sc1NC(=O)C1CC1)C(=O)O. The monoisotopic (exact) mass is 310 g/mol. The zero-order chi connectivity index (χ0) is 15.6. The molecular formula is C14H18N2O4S. The molecule has 1 heterocycles. The van der Waals surface area contributed by atoms with Crippen LogP contribution in [0.4, 0.5) is 5.00 Å². The Morgan fingerprint density at radius 3 is 2.62 bits per heavy atom. The lowest BCUT2D eigenvalue weighted by molar-refractivity contribution is -0.139. The van der Waals surface area contributed by atoms with Gasteiger partial charge in [0, 0.05) is 10.8 Å². The van der Waals surface area contributed by atoms with E-state index in [0.717, 1.165) is 17.7 Å². The van der Waals surface area contributed by atoms with Crippen molar-refractivity contribution in [1.82, 2.24) is 5.32 Å². The van der Waals surface area contributed by atoms with Gasteiger partial charge >= 0.3 is 5.97 Å². The van der Waals surface area contributed by atoms with Gasteiger partial charge in [-0.3, -0.25) is 9.59 Å². The lowest BCUT2D eigenvalue weighted by Gasteiger charge is -2.12. The quantitative estimate of drug-likeness (QED) is 0.749. The summed E-state index contributed by atoms with van der Waals surface area (Å²) < 4.78 is 0. The maximum atomic E-state index is 12.2. The topological polar surface area (TPSA) is 95.5 Å².